The van der Waals surface area contributed by atoms with Gasteiger partial charge in [-0.25, -0.2) is 0 Å². The number of aliphatic hydroxyl groups is 1. The minimum absolute atomic E-state index is 0.188. The summed E-state index contributed by atoms with van der Waals surface area (Å²) in [5.74, 6) is 1.60. The minimum atomic E-state index is -0.188. The summed E-state index contributed by atoms with van der Waals surface area (Å²) in [6.07, 6.45) is 6.12. The monoisotopic (exact) mass is 372 g/mol. The molecule has 1 N–H and O–H groups in total. The largest absolute Gasteiger partial charge is 0.393 e. The molecule has 152 valence electrons. The van der Waals surface area contributed by atoms with Crippen molar-refractivity contribution >= 4 is 5.69 Å². The van der Waals surface area contributed by atoms with Gasteiger partial charge in [0.25, 0.3) is 0 Å². The summed E-state index contributed by atoms with van der Waals surface area (Å²) in [7, 11) is 0. The summed E-state index contributed by atoms with van der Waals surface area (Å²) in [6.45, 7) is 14.6. The van der Waals surface area contributed by atoms with E-state index in [9.17, 15) is 5.11 Å². The summed E-state index contributed by atoms with van der Waals surface area (Å²) >= 11 is 0. The number of piperazine rings is 1. The van der Waals surface area contributed by atoms with Crippen LogP contribution in [-0.4, -0.2) is 48.8 Å². The molecular formula is C24H40N2O. The average molecular weight is 373 g/mol. The molecule has 2 aliphatic rings. The first kappa shape index (κ1) is 20.7. The maximum atomic E-state index is 9.53. The molecule has 3 rings (SSSR count). The Morgan fingerprint density at radius 2 is 1.63 bits per heavy atom. The fourth-order valence-electron chi connectivity index (χ4n) is 4.97. The second-order valence-electron chi connectivity index (χ2n) is 9.94. The van der Waals surface area contributed by atoms with Crippen molar-refractivity contribution in [3.8, 4) is 0 Å². The Balaban J connectivity index is 1.61. The molecule has 0 aromatic heterocycles. The molecule has 1 atom stereocenters. The summed E-state index contributed by atoms with van der Waals surface area (Å²) in [6, 6.07) is 9.17. The van der Waals surface area contributed by atoms with Crippen LogP contribution in [0.2, 0.25) is 0 Å². The van der Waals surface area contributed by atoms with E-state index in [1.807, 2.05) is 6.92 Å². The van der Waals surface area contributed by atoms with Crippen LogP contribution in [0.1, 0.15) is 71.3 Å². The van der Waals surface area contributed by atoms with Gasteiger partial charge in [0, 0.05) is 38.4 Å². The number of rotatable bonds is 5. The lowest BCUT2D eigenvalue weighted by molar-refractivity contribution is 0.153. The smallest absolute Gasteiger partial charge is 0.0524 e. The van der Waals surface area contributed by atoms with E-state index >= 15 is 0 Å². The lowest BCUT2D eigenvalue weighted by atomic mass is 9.68. The average Bonchev–Trinajstić information content (AvgIpc) is 2.66. The van der Waals surface area contributed by atoms with E-state index in [4.69, 9.17) is 0 Å². The molecule has 27 heavy (non-hydrogen) atoms. The highest BCUT2D eigenvalue weighted by Crippen LogP contribution is 2.45. The first-order valence-electron chi connectivity index (χ1n) is 11.1. The second-order valence-corrected chi connectivity index (χ2v) is 9.94. The van der Waals surface area contributed by atoms with E-state index in [0.717, 1.165) is 51.0 Å². The van der Waals surface area contributed by atoms with Gasteiger partial charge in [-0.1, -0.05) is 39.0 Å². The molecule has 0 amide bonds. The normalized spacial score (nSPS) is 26.2. The topological polar surface area (TPSA) is 26.7 Å². The van der Waals surface area contributed by atoms with Crippen LogP contribution in [0.3, 0.4) is 0 Å². The number of aliphatic hydroxyl groups excluding tert-OH is 1. The van der Waals surface area contributed by atoms with Crippen molar-refractivity contribution in [2.24, 2.45) is 11.3 Å². The van der Waals surface area contributed by atoms with E-state index < -0.39 is 0 Å². The van der Waals surface area contributed by atoms with Crippen LogP contribution in [0.25, 0.3) is 0 Å². The van der Waals surface area contributed by atoms with Crippen LogP contribution in [0.15, 0.2) is 24.3 Å². The highest BCUT2D eigenvalue weighted by atomic mass is 16.3. The predicted octanol–water partition coefficient (Wildman–Crippen LogP) is 4.90. The van der Waals surface area contributed by atoms with Gasteiger partial charge >= 0.3 is 0 Å². The third-order valence-electron chi connectivity index (χ3n) is 6.90. The second kappa shape index (κ2) is 8.96. The van der Waals surface area contributed by atoms with Crippen molar-refractivity contribution in [2.45, 2.75) is 71.8 Å². The van der Waals surface area contributed by atoms with Gasteiger partial charge in [-0.3, -0.25) is 4.90 Å². The molecule has 1 aliphatic carbocycles. The van der Waals surface area contributed by atoms with Gasteiger partial charge in [0.15, 0.2) is 0 Å². The first-order chi connectivity index (χ1) is 12.8. The van der Waals surface area contributed by atoms with Crippen LogP contribution >= 0.6 is 0 Å². The quantitative estimate of drug-likeness (QED) is 0.796. The fourth-order valence-corrected chi connectivity index (χ4v) is 4.97. The highest BCUT2D eigenvalue weighted by molar-refractivity contribution is 5.55. The van der Waals surface area contributed by atoms with Crippen LogP contribution in [0.5, 0.6) is 0 Å². The Morgan fingerprint density at radius 3 is 2.22 bits per heavy atom. The Hall–Kier alpha value is -1.06. The highest BCUT2D eigenvalue weighted by Gasteiger charge is 2.31. The molecule has 0 bridgehead atoms. The van der Waals surface area contributed by atoms with Crippen LogP contribution < -0.4 is 4.90 Å². The molecule has 0 radical (unpaired) electrons. The molecule has 1 aliphatic heterocycles. The van der Waals surface area contributed by atoms with E-state index in [2.05, 4.69) is 54.8 Å². The van der Waals surface area contributed by atoms with Crippen molar-refractivity contribution < 1.29 is 5.11 Å². The molecule has 3 nitrogen and oxygen atoms in total. The standard InChI is InChI=1S/C24H40N2O/c1-19(27)13-14-25-15-17-26(18-16-25)23-8-6-5-7-22(23)20-9-11-21(12-10-20)24(2,3)4/h5-8,19-21,27H,9-18H2,1-4H3. The lowest BCUT2D eigenvalue weighted by Crippen LogP contribution is -2.47. The van der Waals surface area contributed by atoms with Crippen LogP contribution in [0, 0.1) is 11.3 Å². The van der Waals surface area contributed by atoms with E-state index in [1.54, 1.807) is 5.56 Å². The number of hydrogen-bond donors (Lipinski definition) is 1. The molecule has 1 aromatic rings. The number of hydrogen-bond acceptors (Lipinski definition) is 3. The molecule has 1 heterocycles. The third-order valence-corrected chi connectivity index (χ3v) is 6.90. The van der Waals surface area contributed by atoms with Gasteiger partial charge in [-0.05, 0) is 67.9 Å². The number of benzene rings is 1. The van der Waals surface area contributed by atoms with Crippen molar-refractivity contribution in [1.82, 2.24) is 4.90 Å². The maximum absolute atomic E-state index is 9.53. The first-order valence-corrected chi connectivity index (χ1v) is 11.1. The van der Waals surface area contributed by atoms with Gasteiger partial charge in [0.1, 0.15) is 0 Å². The van der Waals surface area contributed by atoms with Crippen molar-refractivity contribution in [3.05, 3.63) is 29.8 Å². The van der Waals surface area contributed by atoms with E-state index in [1.165, 1.54) is 31.4 Å². The minimum Gasteiger partial charge on any atom is -0.393 e. The molecule has 0 spiro atoms. The number of anilines is 1. The predicted molar refractivity (Wildman–Crippen MR) is 116 cm³/mol. The molecule has 2 fully saturated rings. The van der Waals surface area contributed by atoms with Crippen LogP contribution in [0.4, 0.5) is 5.69 Å². The fraction of sp³-hybridized carbons (Fsp3) is 0.750. The van der Waals surface area contributed by atoms with E-state index in [-0.39, 0.29) is 6.10 Å². The zero-order chi connectivity index (χ0) is 19.4. The van der Waals surface area contributed by atoms with Crippen molar-refractivity contribution in [3.63, 3.8) is 0 Å². The van der Waals surface area contributed by atoms with Crippen molar-refractivity contribution in [1.29, 1.82) is 0 Å². The molecule has 1 saturated heterocycles. The van der Waals surface area contributed by atoms with Crippen molar-refractivity contribution in [2.75, 3.05) is 37.6 Å². The number of nitrogens with zero attached hydrogens (tertiary/aromatic N) is 2. The zero-order valence-corrected chi connectivity index (χ0v) is 18.0. The Bertz CT molecular complexity index is 576. The Kier molecular flexibility index (Phi) is 6.86. The summed E-state index contributed by atoms with van der Waals surface area (Å²) in [4.78, 5) is 5.10. The SMILES string of the molecule is CC(O)CCN1CCN(c2ccccc2C2CCC(C(C)(C)C)CC2)CC1. The maximum Gasteiger partial charge on any atom is 0.0524 e. The molecule has 3 heteroatoms. The van der Waals surface area contributed by atoms with Gasteiger partial charge in [0.2, 0.25) is 0 Å². The van der Waals surface area contributed by atoms with Gasteiger partial charge in [-0.15, -0.1) is 0 Å². The summed E-state index contributed by atoms with van der Waals surface area (Å²) < 4.78 is 0. The summed E-state index contributed by atoms with van der Waals surface area (Å²) in [5.41, 5.74) is 3.52. The number of para-hydroxylation sites is 1. The van der Waals surface area contributed by atoms with E-state index in [0.29, 0.717) is 5.41 Å². The molecule has 1 saturated carbocycles. The van der Waals surface area contributed by atoms with Crippen LogP contribution in [-0.2, 0) is 0 Å². The molecular weight excluding hydrogens is 332 g/mol. The molecule has 1 aromatic carbocycles. The van der Waals surface area contributed by atoms with Gasteiger partial charge in [0.05, 0.1) is 6.10 Å². The van der Waals surface area contributed by atoms with Gasteiger partial charge in [-0.2, -0.15) is 0 Å². The molecule has 1 unspecified atom stereocenters. The zero-order valence-electron chi connectivity index (χ0n) is 18.0. The lowest BCUT2D eigenvalue weighted by Gasteiger charge is -2.40. The Labute approximate surface area is 166 Å². The summed E-state index contributed by atoms with van der Waals surface area (Å²) in [5, 5.41) is 9.53. The third kappa shape index (κ3) is 5.48. The Morgan fingerprint density at radius 1 is 1.00 bits per heavy atom. The van der Waals surface area contributed by atoms with Gasteiger partial charge < -0.3 is 10.0 Å².